The molecule has 1 rings (SSSR count). The minimum Gasteiger partial charge on any atom is -0.366 e. The van der Waals surface area contributed by atoms with Crippen LogP contribution in [0.25, 0.3) is 0 Å². The standard InChI is InChI=1S/C13H23NOSi/c1-16(2,3)12-14-11-15-10-9-13-7-5-4-6-8-13/h4-8,14H,9-12H2,1-3H3. The number of hydrogen-bond acceptors (Lipinski definition) is 2. The summed E-state index contributed by atoms with van der Waals surface area (Å²) in [7, 11) is -0.972. The molecule has 0 aliphatic carbocycles. The van der Waals surface area contributed by atoms with Gasteiger partial charge >= 0.3 is 0 Å². The van der Waals surface area contributed by atoms with Gasteiger partial charge in [-0.05, 0) is 18.2 Å². The highest BCUT2D eigenvalue weighted by molar-refractivity contribution is 6.76. The largest absolute Gasteiger partial charge is 0.366 e. The molecule has 0 aliphatic rings. The molecule has 0 unspecified atom stereocenters. The molecule has 0 radical (unpaired) electrons. The number of nitrogens with one attached hydrogen (secondary N) is 1. The van der Waals surface area contributed by atoms with Crippen LogP contribution >= 0.6 is 0 Å². The summed E-state index contributed by atoms with van der Waals surface area (Å²) in [5.41, 5.74) is 1.34. The maximum absolute atomic E-state index is 5.54. The topological polar surface area (TPSA) is 21.3 Å². The second kappa shape index (κ2) is 6.84. The molecule has 0 bridgehead atoms. The van der Waals surface area contributed by atoms with Gasteiger partial charge in [0, 0.05) is 0 Å². The van der Waals surface area contributed by atoms with Crippen LogP contribution in [-0.2, 0) is 11.2 Å². The molecule has 1 N–H and O–H groups in total. The van der Waals surface area contributed by atoms with E-state index in [0.717, 1.165) is 19.2 Å². The molecule has 1 aromatic rings. The Morgan fingerprint density at radius 2 is 1.81 bits per heavy atom. The first kappa shape index (κ1) is 13.4. The number of rotatable bonds is 7. The summed E-state index contributed by atoms with van der Waals surface area (Å²) in [6.07, 6.45) is 2.12. The molecule has 2 nitrogen and oxygen atoms in total. The fourth-order valence-corrected chi connectivity index (χ4v) is 2.26. The van der Waals surface area contributed by atoms with Gasteiger partial charge in [-0.15, -0.1) is 0 Å². The predicted octanol–water partition coefficient (Wildman–Crippen LogP) is 2.67. The molecule has 0 fully saturated rings. The quantitative estimate of drug-likeness (QED) is 0.447. The summed E-state index contributed by atoms with van der Waals surface area (Å²) in [4.78, 5) is 0. The summed E-state index contributed by atoms with van der Waals surface area (Å²) < 4.78 is 5.54. The van der Waals surface area contributed by atoms with Crippen molar-refractivity contribution in [3.05, 3.63) is 35.9 Å². The van der Waals surface area contributed by atoms with Gasteiger partial charge in [0.1, 0.15) is 0 Å². The third kappa shape index (κ3) is 6.77. The number of ether oxygens (including phenoxy) is 1. The highest BCUT2D eigenvalue weighted by Gasteiger charge is 2.11. The van der Waals surface area contributed by atoms with Gasteiger partial charge in [-0.25, -0.2) is 0 Å². The van der Waals surface area contributed by atoms with E-state index in [1.165, 1.54) is 5.56 Å². The average Bonchev–Trinajstić information content (AvgIpc) is 2.23. The molecule has 0 spiro atoms. The van der Waals surface area contributed by atoms with E-state index in [0.29, 0.717) is 6.73 Å². The van der Waals surface area contributed by atoms with Crippen LogP contribution in [0.5, 0.6) is 0 Å². The first-order valence-corrected chi connectivity index (χ1v) is 9.61. The van der Waals surface area contributed by atoms with Crippen molar-refractivity contribution in [2.45, 2.75) is 26.1 Å². The fraction of sp³-hybridized carbons (Fsp3) is 0.538. The van der Waals surface area contributed by atoms with Gasteiger partial charge in [0.25, 0.3) is 0 Å². The summed E-state index contributed by atoms with van der Waals surface area (Å²) in [6, 6.07) is 10.5. The average molecular weight is 237 g/mol. The Balaban J connectivity index is 2.01. The molecule has 90 valence electrons. The summed E-state index contributed by atoms with van der Waals surface area (Å²) in [5.74, 6) is 0. The number of hydrogen-bond donors (Lipinski definition) is 1. The van der Waals surface area contributed by atoms with Gasteiger partial charge in [-0.2, -0.15) is 0 Å². The van der Waals surface area contributed by atoms with E-state index in [9.17, 15) is 0 Å². The Morgan fingerprint density at radius 3 is 2.44 bits per heavy atom. The van der Waals surface area contributed by atoms with Gasteiger partial charge in [0.2, 0.25) is 0 Å². The zero-order valence-corrected chi connectivity index (χ0v) is 11.6. The molecular weight excluding hydrogens is 214 g/mol. The van der Waals surface area contributed by atoms with Crippen molar-refractivity contribution in [3.63, 3.8) is 0 Å². The molecular formula is C13H23NOSi. The molecule has 16 heavy (non-hydrogen) atoms. The van der Waals surface area contributed by atoms with Crippen LogP contribution in [0, 0.1) is 0 Å². The van der Waals surface area contributed by atoms with Crippen molar-refractivity contribution in [2.75, 3.05) is 19.5 Å². The molecule has 0 atom stereocenters. The third-order valence-corrected chi connectivity index (χ3v) is 3.55. The van der Waals surface area contributed by atoms with E-state index >= 15 is 0 Å². The van der Waals surface area contributed by atoms with E-state index < -0.39 is 8.07 Å². The molecule has 1 aromatic carbocycles. The highest BCUT2D eigenvalue weighted by atomic mass is 28.3. The van der Waals surface area contributed by atoms with Crippen LogP contribution in [0.15, 0.2) is 30.3 Å². The fourth-order valence-electron chi connectivity index (χ4n) is 1.41. The number of benzene rings is 1. The Labute approximate surface area is 100 Å². The zero-order valence-electron chi connectivity index (χ0n) is 10.6. The maximum atomic E-state index is 5.54. The van der Waals surface area contributed by atoms with Gasteiger partial charge in [-0.3, -0.25) is 5.32 Å². The minimum absolute atomic E-state index is 0.678. The molecule has 0 saturated heterocycles. The van der Waals surface area contributed by atoms with Gasteiger partial charge in [0.05, 0.1) is 21.4 Å². The van der Waals surface area contributed by atoms with Crippen molar-refractivity contribution >= 4 is 8.07 Å². The van der Waals surface area contributed by atoms with Crippen LogP contribution in [0.4, 0.5) is 0 Å². The van der Waals surface area contributed by atoms with Crippen molar-refractivity contribution in [3.8, 4) is 0 Å². The van der Waals surface area contributed by atoms with E-state index in [-0.39, 0.29) is 0 Å². The van der Waals surface area contributed by atoms with Gasteiger partial charge < -0.3 is 4.74 Å². The molecule has 3 heteroatoms. The molecule has 0 heterocycles. The molecule has 0 amide bonds. The second-order valence-electron chi connectivity index (χ2n) is 5.28. The van der Waals surface area contributed by atoms with E-state index in [1.807, 2.05) is 6.07 Å². The Kier molecular flexibility index (Phi) is 5.73. The predicted molar refractivity (Wildman–Crippen MR) is 72.3 cm³/mol. The van der Waals surface area contributed by atoms with Crippen LogP contribution in [0.3, 0.4) is 0 Å². The summed E-state index contributed by atoms with van der Waals surface area (Å²) >= 11 is 0. The molecule has 0 saturated carbocycles. The lowest BCUT2D eigenvalue weighted by molar-refractivity contribution is 0.123. The van der Waals surface area contributed by atoms with E-state index in [2.05, 4.69) is 49.2 Å². The van der Waals surface area contributed by atoms with Gasteiger partial charge in [-0.1, -0.05) is 50.0 Å². The minimum atomic E-state index is -0.972. The lowest BCUT2D eigenvalue weighted by atomic mass is 10.2. The van der Waals surface area contributed by atoms with E-state index in [4.69, 9.17) is 4.74 Å². The zero-order chi connectivity index (χ0) is 11.9. The molecule has 0 aliphatic heterocycles. The second-order valence-corrected chi connectivity index (χ2v) is 10.8. The smallest absolute Gasteiger partial charge is 0.0962 e. The van der Waals surface area contributed by atoms with Crippen LogP contribution in [-0.4, -0.2) is 27.6 Å². The highest BCUT2D eigenvalue weighted by Crippen LogP contribution is 1.99. The summed E-state index contributed by atoms with van der Waals surface area (Å²) in [6.45, 7) is 8.53. The summed E-state index contributed by atoms with van der Waals surface area (Å²) in [5, 5.41) is 3.35. The van der Waals surface area contributed by atoms with Crippen molar-refractivity contribution in [1.29, 1.82) is 0 Å². The van der Waals surface area contributed by atoms with Crippen LogP contribution < -0.4 is 5.32 Å². The Morgan fingerprint density at radius 1 is 1.12 bits per heavy atom. The first-order valence-electron chi connectivity index (χ1n) is 5.90. The van der Waals surface area contributed by atoms with Crippen molar-refractivity contribution in [2.24, 2.45) is 0 Å². The van der Waals surface area contributed by atoms with E-state index in [1.54, 1.807) is 0 Å². The Bertz CT molecular complexity index is 282. The molecule has 0 aromatic heterocycles. The third-order valence-electron chi connectivity index (χ3n) is 2.24. The van der Waals surface area contributed by atoms with Gasteiger partial charge in [0.15, 0.2) is 0 Å². The van der Waals surface area contributed by atoms with Crippen LogP contribution in [0.2, 0.25) is 19.6 Å². The Hall–Kier alpha value is -0.643. The first-order chi connectivity index (χ1) is 7.58. The monoisotopic (exact) mass is 237 g/mol. The SMILES string of the molecule is C[Si](C)(C)CNCOCCc1ccccc1. The van der Waals surface area contributed by atoms with Crippen molar-refractivity contribution in [1.82, 2.24) is 5.32 Å². The van der Waals surface area contributed by atoms with Crippen LogP contribution in [0.1, 0.15) is 5.56 Å². The lowest BCUT2D eigenvalue weighted by Crippen LogP contribution is -2.37. The van der Waals surface area contributed by atoms with Crippen molar-refractivity contribution < 1.29 is 4.74 Å². The maximum Gasteiger partial charge on any atom is 0.0962 e. The normalized spacial score (nSPS) is 11.7. The lowest BCUT2D eigenvalue weighted by Gasteiger charge is -2.16.